The second-order valence-electron chi connectivity index (χ2n) is 4.08. The molecule has 1 aliphatic rings. The van der Waals surface area contributed by atoms with Gasteiger partial charge in [-0.05, 0) is 37.4 Å². The largest absolute Gasteiger partial charge is 0.311 e. The second-order valence-corrected chi connectivity index (χ2v) is 4.08. The van der Waals surface area contributed by atoms with Crippen molar-refractivity contribution in [2.45, 2.75) is 32.2 Å². The summed E-state index contributed by atoms with van der Waals surface area (Å²) in [5.74, 6) is 1.06. The van der Waals surface area contributed by atoms with Gasteiger partial charge in [0.1, 0.15) is 0 Å². The quantitative estimate of drug-likeness (QED) is 0.696. The molecule has 14 heavy (non-hydrogen) atoms. The van der Waals surface area contributed by atoms with Crippen molar-refractivity contribution >= 4 is 0 Å². The van der Waals surface area contributed by atoms with E-state index >= 15 is 0 Å². The summed E-state index contributed by atoms with van der Waals surface area (Å²) >= 11 is 0. The lowest BCUT2D eigenvalue weighted by molar-refractivity contribution is 0.589. The molecule has 0 bridgehead atoms. The van der Waals surface area contributed by atoms with Gasteiger partial charge < -0.3 is 5.32 Å². The van der Waals surface area contributed by atoms with Gasteiger partial charge in [-0.25, -0.2) is 0 Å². The van der Waals surface area contributed by atoms with Crippen LogP contribution in [0, 0.1) is 5.92 Å². The molecule has 1 aliphatic carbocycles. The maximum Gasteiger partial charge on any atom is 0.0541 e. The Hall–Kier alpha value is -0.890. The van der Waals surface area contributed by atoms with Gasteiger partial charge in [0.05, 0.1) is 5.69 Å². The fraction of sp³-hybridized carbons (Fsp3) is 0.583. The molecule has 1 aromatic rings. The Morgan fingerprint density at radius 1 is 1.36 bits per heavy atom. The predicted octanol–water partition coefficient (Wildman–Crippen LogP) is 2.36. The van der Waals surface area contributed by atoms with Gasteiger partial charge in [0, 0.05) is 12.7 Å². The average Bonchev–Trinajstić information content (AvgIpc) is 3.03. The van der Waals surface area contributed by atoms with E-state index in [9.17, 15) is 0 Å². The zero-order valence-electron chi connectivity index (χ0n) is 8.58. The first-order valence-corrected chi connectivity index (χ1v) is 5.56. The molecule has 0 saturated heterocycles. The van der Waals surface area contributed by atoms with Crippen LogP contribution in [-0.4, -0.2) is 11.5 Å². The Bertz CT molecular complexity index is 254. The van der Waals surface area contributed by atoms with Crippen LogP contribution >= 0.6 is 0 Å². The van der Waals surface area contributed by atoms with Gasteiger partial charge >= 0.3 is 0 Å². The lowest BCUT2D eigenvalue weighted by atomic mass is 10.2. The molecule has 1 saturated carbocycles. The first-order chi connectivity index (χ1) is 6.95. The zero-order chi connectivity index (χ0) is 9.64. The number of pyridine rings is 1. The van der Waals surface area contributed by atoms with Crippen LogP contribution in [0.2, 0.25) is 0 Å². The Morgan fingerprint density at radius 2 is 2.29 bits per heavy atom. The standard InChI is InChI=1S/C12H18N2/c1-2-9-14-12(5-1)10-13-8-3-4-11-6-7-11/h1-2,5,9,11,13H,3-4,6-8,10H2. The van der Waals surface area contributed by atoms with Crippen LogP contribution in [0.3, 0.4) is 0 Å². The summed E-state index contributed by atoms with van der Waals surface area (Å²) in [6, 6.07) is 6.05. The topological polar surface area (TPSA) is 24.9 Å². The van der Waals surface area contributed by atoms with Gasteiger partial charge in [-0.3, -0.25) is 4.98 Å². The molecule has 0 unspecified atom stereocenters. The number of nitrogens with zero attached hydrogens (tertiary/aromatic N) is 1. The molecule has 0 aliphatic heterocycles. The van der Waals surface area contributed by atoms with E-state index in [0.717, 1.165) is 24.7 Å². The highest BCUT2D eigenvalue weighted by Crippen LogP contribution is 2.33. The van der Waals surface area contributed by atoms with E-state index in [1.54, 1.807) is 0 Å². The molecular weight excluding hydrogens is 172 g/mol. The third kappa shape index (κ3) is 3.46. The van der Waals surface area contributed by atoms with Crippen molar-refractivity contribution < 1.29 is 0 Å². The van der Waals surface area contributed by atoms with Crippen LogP contribution < -0.4 is 5.32 Å². The van der Waals surface area contributed by atoms with E-state index in [1.807, 2.05) is 18.3 Å². The van der Waals surface area contributed by atoms with Crippen molar-refractivity contribution in [2.75, 3.05) is 6.54 Å². The number of hydrogen-bond acceptors (Lipinski definition) is 2. The minimum absolute atomic E-state index is 0.908. The highest BCUT2D eigenvalue weighted by molar-refractivity contribution is 5.02. The fourth-order valence-electron chi connectivity index (χ4n) is 1.64. The second kappa shape index (κ2) is 5.11. The summed E-state index contributed by atoms with van der Waals surface area (Å²) in [4.78, 5) is 4.26. The van der Waals surface area contributed by atoms with E-state index in [0.29, 0.717) is 0 Å². The van der Waals surface area contributed by atoms with Crippen LogP contribution in [0.5, 0.6) is 0 Å². The summed E-state index contributed by atoms with van der Waals surface area (Å²) in [6.45, 7) is 2.04. The minimum atomic E-state index is 0.908. The Balaban J connectivity index is 1.54. The molecule has 0 radical (unpaired) electrons. The third-order valence-corrected chi connectivity index (χ3v) is 2.70. The van der Waals surface area contributed by atoms with Crippen molar-refractivity contribution in [1.29, 1.82) is 0 Å². The van der Waals surface area contributed by atoms with Crippen LogP contribution in [0.4, 0.5) is 0 Å². The monoisotopic (exact) mass is 190 g/mol. The molecule has 76 valence electrons. The van der Waals surface area contributed by atoms with Gasteiger partial charge in [0.15, 0.2) is 0 Å². The molecule has 2 rings (SSSR count). The summed E-state index contributed by atoms with van der Waals surface area (Å²) in [6.07, 6.45) is 7.52. The van der Waals surface area contributed by atoms with E-state index in [-0.39, 0.29) is 0 Å². The summed E-state index contributed by atoms with van der Waals surface area (Å²) in [7, 11) is 0. The van der Waals surface area contributed by atoms with Gasteiger partial charge in [-0.1, -0.05) is 18.9 Å². The maximum atomic E-state index is 4.26. The molecule has 1 fully saturated rings. The SMILES string of the molecule is c1ccc(CNCCCC2CC2)nc1. The van der Waals surface area contributed by atoms with Gasteiger partial charge in [-0.15, -0.1) is 0 Å². The van der Waals surface area contributed by atoms with Crippen LogP contribution in [-0.2, 0) is 6.54 Å². The van der Waals surface area contributed by atoms with Crippen LogP contribution in [0.1, 0.15) is 31.4 Å². The molecule has 2 heteroatoms. The Kier molecular flexibility index (Phi) is 3.52. The molecule has 1 N–H and O–H groups in total. The highest BCUT2D eigenvalue weighted by atomic mass is 14.9. The third-order valence-electron chi connectivity index (χ3n) is 2.70. The van der Waals surface area contributed by atoms with Crippen molar-refractivity contribution in [3.05, 3.63) is 30.1 Å². The number of hydrogen-bond donors (Lipinski definition) is 1. The van der Waals surface area contributed by atoms with Crippen LogP contribution in [0.15, 0.2) is 24.4 Å². The molecule has 2 nitrogen and oxygen atoms in total. The smallest absolute Gasteiger partial charge is 0.0541 e. The Morgan fingerprint density at radius 3 is 3.00 bits per heavy atom. The first-order valence-electron chi connectivity index (χ1n) is 5.56. The van der Waals surface area contributed by atoms with E-state index in [1.165, 1.54) is 25.7 Å². The van der Waals surface area contributed by atoms with Gasteiger partial charge in [-0.2, -0.15) is 0 Å². The molecule has 1 heterocycles. The normalized spacial score (nSPS) is 15.7. The van der Waals surface area contributed by atoms with Crippen LogP contribution in [0.25, 0.3) is 0 Å². The zero-order valence-corrected chi connectivity index (χ0v) is 8.58. The molecule has 0 amide bonds. The lowest BCUT2D eigenvalue weighted by Gasteiger charge is -2.03. The van der Waals surface area contributed by atoms with Gasteiger partial charge in [0.25, 0.3) is 0 Å². The molecule has 1 aromatic heterocycles. The van der Waals surface area contributed by atoms with E-state index in [2.05, 4.69) is 16.4 Å². The van der Waals surface area contributed by atoms with Crippen molar-refractivity contribution in [3.63, 3.8) is 0 Å². The van der Waals surface area contributed by atoms with Crippen molar-refractivity contribution in [1.82, 2.24) is 10.3 Å². The molecule has 0 spiro atoms. The lowest BCUT2D eigenvalue weighted by Crippen LogP contribution is -2.15. The summed E-state index contributed by atoms with van der Waals surface area (Å²) in [5, 5.41) is 3.42. The highest BCUT2D eigenvalue weighted by Gasteiger charge is 2.19. The van der Waals surface area contributed by atoms with Crippen molar-refractivity contribution in [2.24, 2.45) is 5.92 Å². The predicted molar refractivity (Wildman–Crippen MR) is 57.9 cm³/mol. The summed E-state index contributed by atoms with van der Waals surface area (Å²) in [5.41, 5.74) is 1.14. The van der Waals surface area contributed by atoms with Gasteiger partial charge in [0.2, 0.25) is 0 Å². The fourth-order valence-corrected chi connectivity index (χ4v) is 1.64. The van der Waals surface area contributed by atoms with E-state index in [4.69, 9.17) is 0 Å². The number of rotatable bonds is 6. The van der Waals surface area contributed by atoms with Crippen molar-refractivity contribution in [3.8, 4) is 0 Å². The average molecular weight is 190 g/mol. The molecular formula is C12H18N2. The molecule has 0 atom stereocenters. The molecule has 0 aromatic carbocycles. The number of nitrogens with one attached hydrogen (secondary N) is 1. The maximum absolute atomic E-state index is 4.26. The first kappa shape index (κ1) is 9.66. The van der Waals surface area contributed by atoms with E-state index < -0.39 is 0 Å². The Labute approximate surface area is 85.7 Å². The summed E-state index contributed by atoms with van der Waals surface area (Å²) < 4.78 is 0. The number of aromatic nitrogens is 1. The minimum Gasteiger partial charge on any atom is -0.311 e.